The monoisotopic (exact) mass is 348 g/mol. The molecule has 0 atom stereocenters. The summed E-state index contributed by atoms with van der Waals surface area (Å²) in [6.45, 7) is 0. The minimum Gasteiger partial charge on any atom is -0.490 e. The SMILES string of the molecule is COc1ccc(/C=N\NC(=O)Nc2ccc(Cl)cc2)cc1[N+](=O)[O-]. The van der Waals surface area contributed by atoms with Gasteiger partial charge in [0.15, 0.2) is 5.75 Å². The molecule has 0 bridgehead atoms. The molecule has 2 rings (SSSR count). The molecular weight excluding hydrogens is 336 g/mol. The van der Waals surface area contributed by atoms with Crippen LogP contribution in [0, 0.1) is 10.1 Å². The van der Waals surface area contributed by atoms with Gasteiger partial charge in [-0.1, -0.05) is 11.6 Å². The second-order valence-corrected chi connectivity index (χ2v) is 4.96. The zero-order valence-electron chi connectivity index (χ0n) is 12.5. The molecule has 0 saturated heterocycles. The number of nitrogens with one attached hydrogen (secondary N) is 2. The lowest BCUT2D eigenvalue weighted by Crippen LogP contribution is -2.24. The maximum Gasteiger partial charge on any atom is 0.339 e. The van der Waals surface area contributed by atoms with E-state index >= 15 is 0 Å². The van der Waals surface area contributed by atoms with Crippen LogP contribution in [0.4, 0.5) is 16.2 Å². The number of anilines is 1. The van der Waals surface area contributed by atoms with Gasteiger partial charge in [0.25, 0.3) is 0 Å². The smallest absolute Gasteiger partial charge is 0.339 e. The number of nitro benzene ring substituents is 1. The van der Waals surface area contributed by atoms with Crippen LogP contribution in [0.5, 0.6) is 5.75 Å². The van der Waals surface area contributed by atoms with Crippen molar-refractivity contribution in [2.45, 2.75) is 0 Å². The molecule has 0 spiro atoms. The van der Waals surface area contributed by atoms with Crippen molar-refractivity contribution < 1.29 is 14.5 Å². The number of carbonyl (C=O) groups is 1. The van der Waals surface area contributed by atoms with E-state index in [4.69, 9.17) is 16.3 Å². The van der Waals surface area contributed by atoms with Gasteiger partial charge in [-0.3, -0.25) is 10.1 Å². The van der Waals surface area contributed by atoms with Crippen molar-refractivity contribution in [1.82, 2.24) is 5.43 Å². The molecule has 0 radical (unpaired) electrons. The number of hydrogen-bond donors (Lipinski definition) is 2. The molecule has 0 unspecified atom stereocenters. The van der Waals surface area contributed by atoms with Crippen molar-refractivity contribution in [1.29, 1.82) is 0 Å². The Morgan fingerprint density at radius 1 is 1.29 bits per heavy atom. The summed E-state index contributed by atoms with van der Waals surface area (Å²) in [6, 6.07) is 10.3. The summed E-state index contributed by atoms with van der Waals surface area (Å²) in [7, 11) is 1.35. The summed E-state index contributed by atoms with van der Waals surface area (Å²) < 4.78 is 4.90. The molecule has 9 heteroatoms. The van der Waals surface area contributed by atoms with E-state index in [9.17, 15) is 14.9 Å². The fraction of sp³-hybridized carbons (Fsp3) is 0.0667. The van der Waals surface area contributed by atoms with Crippen LogP contribution in [0.15, 0.2) is 47.6 Å². The van der Waals surface area contributed by atoms with E-state index < -0.39 is 11.0 Å². The zero-order chi connectivity index (χ0) is 17.5. The number of hydrogen-bond acceptors (Lipinski definition) is 5. The van der Waals surface area contributed by atoms with Crippen LogP contribution in [-0.2, 0) is 0 Å². The number of hydrazone groups is 1. The average molecular weight is 349 g/mol. The van der Waals surface area contributed by atoms with Crippen molar-refractivity contribution in [3.8, 4) is 5.75 Å². The molecule has 124 valence electrons. The topological polar surface area (TPSA) is 106 Å². The predicted molar refractivity (Wildman–Crippen MR) is 90.8 cm³/mol. The highest BCUT2D eigenvalue weighted by Gasteiger charge is 2.14. The first kappa shape index (κ1) is 17.2. The number of rotatable bonds is 5. The number of nitro groups is 1. The van der Waals surface area contributed by atoms with E-state index in [1.165, 1.54) is 25.5 Å². The Bertz CT molecular complexity index is 778. The Morgan fingerprint density at radius 2 is 2.00 bits per heavy atom. The molecule has 2 amide bonds. The fourth-order valence-electron chi connectivity index (χ4n) is 1.79. The molecule has 2 aromatic rings. The van der Waals surface area contributed by atoms with Crippen LogP contribution in [-0.4, -0.2) is 24.3 Å². The summed E-state index contributed by atoms with van der Waals surface area (Å²) in [5.74, 6) is 0.144. The number of ether oxygens (including phenoxy) is 1. The van der Waals surface area contributed by atoms with Gasteiger partial charge in [0, 0.05) is 22.3 Å². The Hall–Kier alpha value is -3.13. The maximum absolute atomic E-state index is 11.7. The molecule has 0 aliphatic rings. The van der Waals surface area contributed by atoms with Gasteiger partial charge in [-0.15, -0.1) is 0 Å². The van der Waals surface area contributed by atoms with Gasteiger partial charge in [-0.25, -0.2) is 10.2 Å². The maximum atomic E-state index is 11.7. The lowest BCUT2D eigenvalue weighted by Gasteiger charge is -2.04. The number of urea groups is 1. The van der Waals surface area contributed by atoms with Crippen LogP contribution in [0.1, 0.15) is 5.56 Å². The van der Waals surface area contributed by atoms with Crippen molar-refractivity contribution in [3.63, 3.8) is 0 Å². The summed E-state index contributed by atoms with van der Waals surface area (Å²) in [5, 5.41) is 17.8. The Balaban J connectivity index is 1.98. The minimum atomic E-state index is -0.559. The molecule has 0 saturated carbocycles. The van der Waals surface area contributed by atoms with Crippen molar-refractivity contribution in [2.75, 3.05) is 12.4 Å². The van der Waals surface area contributed by atoms with Crippen LogP contribution >= 0.6 is 11.6 Å². The standard InChI is InChI=1S/C15H13ClN4O4/c1-24-14-7-2-10(8-13(14)20(22)23)9-17-19-15(21)18-12-5-3-11(16)4-6-12/h2-9H,1H3,(H2,18,19,21)/b17-9-. The Morgan fingerprint density at radius 3 is 2.62 bits per heavy atom. The molecule has 2 aromatic carbocycles. The summed E-state index contributed by atoms with van der Waals surface area (Å²) in [4.78, 5) is 22.0. The van der Waals surface area contributed by atoms with Gasteiger partial charge in [0.2, 0.25) is 0 Å². The first-order valence-electron chi connectivity index (χ1n) is 6.67. The number of nitrogens with zero attached hydrogens (tertiary/aromatic N) is 2. The quantitative estimate of drug-likeness (QED) is 0.490. The van der Waals surface area contributed by atoms with Crippen LogP contribution < -0.4 is 15.5 Å². The molecule has 8 nitrogen and oxygen atoms in total. The predicted octanol–water partition coefficient (Wildman–Crippen LogP) is 3.41. The lowest BCUT2D eigenvalue weighted by atomic mass is 10.2. The number of amides is 2. The molecule has 2 N–H and O–H groups in total. The van der Waals surface area contributed by atoms with E-state index in [1.54, 1.807) is 30.3 Å². The molecule has 0 fully saturated rings. The van der Waals surface area contributed by atoms with Crippen LogP contribution in [0.2, 0.25) is 5.02 Å². The highest BCUT2D eigenvalue weighted by atomic mass is 35.5. The molecular formula is C15H13ClN4O4. The van der Waals surface area contributed by atoms with E-state index in [0.29, 0.717) is 16.3 Å². The van der Waals surface area contributed by atoms with E-state index in [0.717, 1.165) is 0 Å². The third-order valence-corrected chi connectivity index (χ3v) is 3.13. The second-order valence-electron chi connectivity index (χ2n) is 4.52. The highest BCUT2D eigenvalue weighted by Crippen LogP contribution is 2.26. The van der Waals surface area contributed by atoms with Crippen molar-refractivity contribution in [2.24, 2.45) is 5.10 Å². The molecule has 0 aliphatic carbocycles. The van der Waals surface area contributed by atoms with Gasteiger partial charge in [-0.05, 0) is 36.4 Å². The summed E-state index contributed by atoms with van der Waals surface area (Å²) >= 11 is 5.75. The first-order chi connectivity index (χ1) is 11.5. The van der Waals surface area contributed by atoms with E-state index in [1.807, 2.05) is 0 Å². The van der Waals surface area contributed by atoms with E-state index in [-0.39, 0.29) is 11.4 Å². The van der Waals surface area contributed by atoms with Crippen LogP contribution in [0.3, 0.4) is 0 Å². The van der Waals surface area contributed by atoms with E-state index in [2.05, 4.69) is 15.8 Å². The Kier molecular flexibility index (Phi) is 5.69. The third-order valence-electron chi connectivity index (χ3n) is 2.88. The molecule has 24 heavy (non-hydrogen) atoms. The average Bonchev–Trinajstić information content (AvgIpc) is 2.56. The zero-order valence-corrected chi connectivity index (χ0v) is 13.3. The van der Waals surface area contributed by atoms with Crippen molar-refractivity contribution in [3.05, 3.63) is 63.2 Å². The summed E-state index contributed by atoms with van der Waals surface area (Å²) in [6.07, 6.45) is 1.29. The largest absolute Gasteiger partial charge is 0.490 e. The van der Waals surface area contributed by atoms with Gasteiger partial charge < -0.3 is 10.1 Å². The van der Waals surface area contributed by atoms with Gasteiger partial charge in [0.05, 0.1) is 18.2 Å². The van der Waals surface area contributed by atoms with Gasteiger partial charge in [0.1, 0.15) is 0 Å². The van der Waals surface area contributed by atoms with Gasteiger partial charge in [-0.2, -0.15) is 5.10 Å². The number of halogens is 1. The number of carbonyl (C=O) groups excluding carboxylic acids is 1. The fourth-order valence-corrected chi connectivity index (χ4v) is 1.91. The summed E-state index contributed by atoms with van der Waals surface area (Å²) in [5.41, 5.74) is 3.06. The normalized spacial score (nSPS) is 10.4. The second kappa shape index (κ2) is 7.93. The first-order valence-corrected chi connectivity index (χ1v) is 7.05. The van der Waals surface area contributed by atoms with Crippen LogP contribution in [0.25, 0.3) is 0 Å². The highest BCUT2D eigenvalue weighted by molar-refractivity contribution is 6.30. The van der Waals surface area contributed by atoms with Crippen molar-refractivity contribution >= 4 is 35.2 Å². The van der Waals surface area contributed by atoms with Gasteiger partial charge >= 0.3 is 11.7 Å². The molecule has 0 aliphatic heterocycles. The lowest BCUT2D eigenvalue weighted by molar-refractivity contribution is -0.385. The number of benzene rings is 2. The molecule has 0 aromatic heterocycles. The third kappa shape index (κ3) is 4.68. The molecule has 0 heterocycles. The minimum absolute atomic E-state index is 0.144. The Labute approximate surface area is 142 Å². The number of methoxy groups -OCH3 is 1.